The van der Waals surface area contributed by atoms with Gasteiger partial charge in [-0.05, 0) is 42.5 Å². The molecule has 1 amide bonds. The molecular formula is C26H20N6O4. The number of hydrogen-bond acceptors (Lipinski definition) is 7. The molecule has 178 valence electrons. The van der Waals surface area contributed by atoms with Crippen molar-refractivity contribution >= 4 is 16.7 Å². The van der Waals surface area contributed by atoms with E-state index in [0.29, 0.717) is 45.0 Å². The Kier molecular flexibility index (Phi) is 5.38. The van der Waals surface area contributed by atoms with Gasteiger partial charge in [-0.3, -0.25) is 19.7 Å². The number of fused-ring (bicyclic) bond motifs is 2. The van der Waals surface area contributed by atoms with Gasteiger partial charge in [0.2, 0.25) is 6.79 Å². The number of nitrogens with one attached hydrogen (secondary N) is 2. The highest BCUT2D eigenvalue weighted by Crippen LogP contribution is 2.35. The molecule has 2 N–H and O–H groups in total. The van der Waals surface area contributed by atoms with Crippen molar-refractivity contribution in [2.75, 3.05) is 6.79 Å². The summed E-state index contributed by atoms with van der Waals surface area (Å²) in [6.07, 6.45) is 1.67. The largest absolute Gasteiger partial charge is 0.454 e. The zero-order valence-corrected chi connectivity index (χ0v) is 19.0. The number of pyridine rings is 1. The van der Waals surface area contributed by atoms with E-state index >= 15 is 0 Å². The maximum absolute atomic E-state index is 13.0. The van der Waals surface area contributed by atoms with Gasteiger partial charge in [-0.15, -0.1) is 0 Å². The van der Waals surface area contributed by atoms with Crippen molar-refractivity contribution in [1.82, 2.24) is 30.3 Å². The second-order valence-electron chi connectivity index (χ2n) is 8.19. The van der Waals surface area contributed by atoms with E-state index in [2.05, 4.69) is 25.6 Å². The van der Waals surface area contributed by atoms with Gasteiger partial charge in [0, 0.05) is 17.1 Å². The van der Waals surface area contributed by atoms with Gasteiger partial charge < -0.3 is 14.8 Å². The fourth-order valence-corrected chi connectivity index (χ4v) is 4.09. The lowest BCUT2D eigenvalue weighted by atomic mass is 10.1. The first kappa shape index (κ1) is 21.5. The molecule has 36 heavy (non-hydrogen) atoms. The fourth-order valence-electron chi connectivity index (χ4n) is 4.09. The number of benzene rings is 2. The third-order valence-corrected chi connectivity index (χ3v) is 5.89. The average molecular weight is 480 g/mol. The molecule has 4 heterocycles. The minimum atomic E-state index is -0.345. The van der Waals surface area contributed by atoms with Crippen LogP contribution >= 0.6 is 0 Å². The molecule has 1 aliphatic heterocycles. The van der Waals surface area contributed by atoms with Crippen molar-refractivity contribution in [2.45, 2.75) is 13.1 Å². The number of aromatic amines is 1. The Morgan fingerprint density at radius 3 is 2.69 bits per heavy atom. The highest BCUT2D eigenvalue weighted by atomic mass is 16.7. The Morgan fingerprint density at radius 1 is 1.00 bits per heavy atom. The lowest BCUT2D eigenvalue weighted by Gasteiger charge is -2.11. The summed E-state index contributed by atoms with van der Waals surface area (Å²) in [7, 11) is 0. The zero-order valence-electron chi connectivity index (χ0n) is 19.0. The van der Waals surface area contributed by atoms with Gasteiger partial charge in [0.25, 0.3) is 11.5 Å². The van der Waals surface area contributed by atoms with Crippen LogP contribution in [0.2, 0.25) is 0 Å². The summed E-state index contributed by atoms with van der Waals surface area (Å²) in [6.45, 7) is 0.538. The third kappa shape index (κ3) is 4.05. The van der Waals surface area contributed by atoms with Crippen LogP contribution in [0.15, 0.2) is 77.7 Å². The van der Waals surface area contributed by atoms with Crippen molar-refractivity contribution in [2.24, 2.45) is 0 Å². The predicted molar refractivity (Wildman–Crippen MR) is 131 cm³/mol. The summed E-state index contributed by atoms with van der Waals surface area (Å²) in [5.74, 6) is 0.972. The number of carbonyl (C=O) groups is 1. The number of nitrogens with zero attached hydrogens (tertiary/aromatic N) is 4. The maximum atomic E-state index is 13.0. The van der Waals surface area contributed by atoms with E-state index in [1.165, 1.54) is 4.68 Å². The molecule has 1 aliphatic rings. The molecule has 6 rings (SSSR count). The topological polar surface area (TPSA) is 124 Å². The number of carbonyl (C=O) groups excluding carboxylic acids is 1. The van der Waals surface area contributed by atoms with Gasteiger partial charge in [0.05, 0.1) is 35.6 Å². The summed E-state index contributed by atoms with van der Waals surface area (Å²) in [5.41, 5.74) is 2.77. The zero-order chi connectivity index (χ0) is 24.5. The van der Waals surface area contributed by atoms with Crippen molar-refractivity contribution in [3.05, 3.63) is 100 Å². The summed E-state index contributed by atoms with van der Waals surface area (Å²) in [6, 6.07) is 19.9. The van der Waals surface area contributed by atoms with Crippen LogP contribution in [0.5, 0.6) is 11.5 Å². The first-order valence-electron chi connectivity index (χ1n) is 11.3. The van der Waals surface area contributed by atoms with Gasteiger partial charge >= 0.3 is 0 Å². The first-order chi connectivity index (χ1) is 17.7. The molecule has 0 aliphatic carbocycles. The highest BCUT2D eigenvalue weighted by Gasteiger charge is 2.17. The van der Waals surface area contributed by atoms with Crippen molar-refractivity contribution in [3.63, 3.8) is 0 Å². The number of ether oxygens (including phenoxy) is 2. The Morgan fingerprint density at radius 2 is 1.83 bits per heavy atom. The van der Waals surface area contributed by atoms with Gasteiger partial charge in [-0.1, -0.05) is 24.3 Å². The van der Waals surface area contributed by atoms with E-state index in [4.69, 9.17) is 9.47 Å². The fraction of sp³-hybridized carbons (Fsp3) is 0.115. The van der Waals surface area contributed by atoms with Gasteiger partial charge in [0.1, 0.15) is 5.69 Å². The number of rotatable bonds is 6. The van der Waals surface area contributed by atoms with E-state index in [9.17, 15) is 9.59 Å². The molecule has 0 radical (unpaired) electrons. The highest BCUT2D eigenvalue weighted by molar-refractivity contribution is 5.93. The molecular weight excluding hydrogens is 460 g/mol. The van der Waals surface area contributed by atoms with E-state index in [-0.39, 0.29) is 31.3 Å². The van der Waals surface area contributed by atoms with Gasteiger partial charge in [0.15, 0.2) is 11.5 Å². The van der Waals surface area contributed by atoms with Crippen LogP contribution in [0.4, 0.5) is 0 Å². The van der Waals surface area contributed by atoms with E-state index in [1.807, 2.05) is 48.5 Å². The SMILES string of the molecule is O=C(NCc1nn(Cc2ccccn2)c(=O)c2ccccc12)c1cc(-c2ccc3c(c2)OCO3)n[nH]1. The van der Waals surface area contributed by atoms with Crippen LogP contribution in [-0.2, 0) is 13.1 Å². The summed E-state index contributed by atoms with van der Waals surface area (Å²) in [4.78, 5) is 30.2. The van der Waals surface area contributed by atoms with E-state index in [1.54, 1.807) is 24.4 Å². The third-order valence-electron chi connectivity index (χ3n) is 5.89. The average Bonchev–Trinajstić information content (AvgIpc) is 3.60. The Bertz CT molecular complexity index is 1640. The molecule has 0 bridgehead atoms. The Hall–Kier alpha value is -4.99. The maximum Gasteiger partial charge on any atom is 0.275 e. The monoisotopic (exact) mass is 480 g/mol. The number of amides is 1. The smallest absolute Gasteiger partial charge is 0.275 e. The minimum Gasteiger partial charge on any atom is -0.454 e. The lowest BCUT2D eigenvalue weighted by molar-refractivity contribution is 0.0945. The molecule has 0 saturated heterocycles. The van der Waals surface area contributed by atoms with Crippen LogP contribution < -0.4 is 20.3 Å². The minimum absolute atomic E-state index is 0.125. The van der Waals surface area contributed by atoms with Crippen molar-refractivity contribution in [1.29, 1.82) is 0 Å². The number of H-pyrrole nitrogens is 1. The molecule has 0 spiro atoms. The second-order valence-corrected chi connectivity index (χ2v) is 8.19. The predicted octanol–water partition coefficient (Wildman–Crippen LogP) is 2.89. The molecule has 0 fully saturated rings. The van der Waals surface area contributed by atoms with Crippen molar-refractivity contribution < 1.29 is 14.3 Å². The van der Waals surface area contributed by atoms with Crippen LogP contribution in [0.3, 0.4) is 0 Å². The lowest BCUT2D eigenvalue weighted by Crippen LogP contribution is -2.29. The summed E-state index contributed by atoms with van der Waals surface area (Å²) >= 11 is 0. The molecule has 0 atom stereocenters. The van der Waals surface area contributed by atoms with Crippen LogP contribution in [0.1, 0.15) is 21.9 Å². The van der Waals surface area contributed by atoms with Crippen LogP contribution in [0.25, 0.3) is 22.0 Å². The quantitative estimate of drug-likeness (QED) is 0.383. The van der Waals surface area contributed by atoms with E-state index < -0.39 is 0 Å². The normalized spacial score (nSPS) is 12.1. The number of hydrogen-bond donors (Lipinski definition) is 2. The second kappa shape index (κ2) is 8.99. The standard InChI is InChI=1S/C26H20N6O4/c33-25(21-12-20(29-30-21)16-8-9-23-24(11-16)36-15-35-23)28-13-22-18-6-1-2-7-19(18)26(34)32(31-22)14-17-5-3-4-10-27-17/h1-12H,13-15H2,(H,28,33)(H,29,30). The Labute approximate surface area is 204 Å². The van der Waals surface area contributed by atoms with E-state index in [0.717, 1.165) is 5.56 Å². The molecule has 3 aromatic heterocycles. The van der Waals surface area contributed by atoms with Crippen LogP contribution in [-0.4, -0.2) is 37.7 Å². The summed E-state index contributed by atoms with van der Waals surface area (Å²) in [5, 5.41) is 15.7. The summed E-state index contributed by atoms with van der Waals surface area (Å²) < 4.78 is 12.1. The van der Waals surface area contributed by atoms with Crippen LogP contribution in [0, 0.1) is 0 Å². The molecule has 0 saturated carbocycles. The molecule has 10 nitrogen and oxygen atoms in total. The van der Waals surface area contributed by atoms with Gasteiger partial charge in [-0.2, -0.15) is 10.2 Å². The first-order valence-corrected chi connectivity index (χ1v) is 11.3. The molecule has 5 aromatic rings. The number of aromatic nitrogens is 5. The molecule has 10 heteroatoms. The van der Waals surface area contributed by atoms with Crippen molar-refractivity contribution in [3.8, 4) is 22.8 Å². The van der Waals surface area contributed by atoms with Gasteiger partial charge in [-0.25, -0.2) is 4.68 Å². The Balaban J connectivity index is 1.24. The molecule has 0 unspecified atom stereocenters. The molecule has 2 aromatic carbocycles.